The van der Waals surface area contributed by atoms with Crippen LogP contribution in [-0.4, -0.2) is 81.1 Å². The van der Waals surface area contributed by atoms with Gasteiger partial charge < -0.3 is 19.6 Å². The first-order chi connectivity index (χ1) is 16.9. The minimum atomic E-state index is -0.858. The molecule has 2 saturated heterocycles. The van der Waals surface area contributed by atoms with Gasteiger partial charge in [0, 0.05) is 18.3 Å². The minimum Gasteiger partial charge on any atom is -0.465 e. The molecular weight excluding hydrogens is 464 g/mol. The highest BCUT2D eigenvalue weighted by atomic mass is 32.2. The Balaban J connectivity index is 1.80. The number of fused-ring (bicyclic) bond motifs is 2. The fourth-order valence-electron chi connectivity index (χ4n) is 6.13. The lowest BCUT2D eigenvalue weighted by Crippen LogP contribution is -2.57. The Kier molecular flexibility index (Phi) is 8.31. The zero-order valence-electron chi connectivity index (χ0n) is 21.2. The largest absolute Gasteiger partial charge is 0.465 e. The molecule has 8 heteroatoms. The van der Waals surface area contributed by atoms with Crippen LogP contribution in [0, 0.1) is 17.8 Å². The average Bonchev–Trinajstić information content (AvgIpc) is 3.21. The van der Waals surface area contributed by atoms with Crippen LogP contribution in [0.3, 0.4) is 0 Å². The number of aliphatic hydroxyl groups is 1. The summed E-state index contributed by atoms with van der Waals surface area (Å²) in [5.74, 6) is -2.01. The van der Waals surface area contributed by atoms with Gasteiger partial charge in [0.15, 0.2) is 0 Å². The number of hydrogen-bond donors (Lipinski definition) is 1. The summed E-state index contributed by atoms with van der Waals surface area (Å²) in [6.45, 7) is 7.32. The highest BCUT2D eigenvalue weighted by Gasteiger charge is 2.71. The number of unbranched alkanes of at least 4 members (excludes halogenated alkanes) is 2. The van der Waals surface area contributed by atoms with E-state index in [2.05, 4.69) is 19.1 Å². The zero-order chi connectivity index (χ0) is 25.2. The molecule has 4 heterocycles. The van der Waals surface area contributed by atoms with Gasteiger partial charge in [-0.1, -0.05) is 57.9 Å². The number of rotatable bonds is 7. The topological polar surface area (TPSA) is 87.2 Å². The molecular formula is C27H40N2O5S. The average molecular weight is 505 g/mol. The van der Waals surface area contributed by atoms with Crippen LogP contribution in [0.15, 0.2) is 24.3 Å². The number of ether oxygens (including phenoxy) is 1. The van der Waals surface area contributed by atoms with E-state index in [0.717, 1.165) is 38.5 Å². The lowest BCUT2D eigenvalue weighted by atomic mass is 9.78. The number of hydrogen-bond acceptors (Lipinski definition) is 6. The number of allylic oxidation sites excluding steroid dienone is 1. The Bertz CT molecular complexity index is 874. The number of thioether (sulfide) groups is 1. The van der Waals surface area contributed by atoms with Gasteiger partial charge in [-0.15, -0.1) is 11.8 Å². The maximum Gasteiger partial charge on any atom is 0.311 e. The Labute approximate surface area is 213 Å². The van der Waals surface area contributed by atoms with E-state index in [-0.39, 0.29) is 35.6 Å². The van der Waals surface area contributed by atoms with Crippen LogP contribution >= 0.6 is 11.8 Å². The molecule has 1 spiro atoms. The van der Waals surface area contributed by atoms with E-state index < -0.39 is 28.7 Å². The van der Waals surface area contributed by atoms with Gasteiger partial charge in [0.2, 0.25) is 11.8 Å². The standard InChI is InChI=1S/C27H40N2O5S/c1-4-5-9-14-28-15-11-13-27-22(21-20(35-27)12-8-6-7-10-16-34-26(21)33)24(31)29(23(27)25(28)32)19(17-30)18(2)3/h8,11-13,18-23,30H,4-7,9-10,14-17H2,1-3H3/b12-8-/t19-,20+,21-,22-,23?,27-/m0/s1. The van der Waals surface area contributed by atoms with Crippen LogP contribution in [0.4, 0.5) is 0 Å². The number of carbonyl (C=O) groups excluding carboxylic acids is 3. The van der Waals surface area contributed by atoms with Crippen molar-refractivity contribution in [1.82, 2.24) is 9.80 Å². The van der Waals surface area contributed by atoms with Gasteiger partial charge in [-0.25, -0.2) is 0 Å². The molecule has 2 fully saturated rings. The molecule has 194 valence electrons. The summed E-state index contributed by atoms with van der Waals surface area (Å²) in [5.41, 5.74) is 0. The maximum absolute atomic E-state index is 14.2. The lowest BCUT2D eigenvalue weighted by Gasteiger charge is -2.39. The molecule has 1 N–H and O–H groups in total. The van der Waals surface area contributed by atoms with Gasteiger partial charge in [0.25, 0.3) is 0 Å². The van der Waals surface area contributed by atoms with Crippen molar-refractivity contribution in [2.75, 3.05) is 26.3 Å². The van der Waals surface area contributed by atoms with E-state index in [4.69, 9.17) is 4.74 Å². The molecule has 0 saturated carbocycles. The van der Waals surface area contributed by atoms with Gasteiger partial charge in [0.1, 0.15) is 6.04 Å². The molecule has 0 aromatic carbocycles. The number of amides is 2. The molecule has 0 aromatic rings. The normalized spacial score (nSPS) is 34.8. The third-order valence-electron chi connectivity index (χ3n) is 7.97. The van der Waals surface area contributed by atoms with E-state index in [9.17, 15) is 19.5 Å². The zero-order valence-corrected chi connectivity index (χ0v) is 22.0. The van der Waals surface area contributed by atoms with Crippen LogP contribution in [-0.2, 0) is 19.1 Å². The van der Waals surface area contributed by atoms with Gasteiger partial charge in [0.05, 0.1) is 35.8 Å². The molecule has 0 bridgehead atoms. The molecule has 0 aromatic heterocycles. The van der Waals surface area contributed by atoms with Gasteiger partial charge in [-0.05, 0) is 31.6 Å². The Morgan fingerprint density at radius 1 is 1.17 bits per heavy atom. The molecule has 2 amide bonds. The molecule has 35 heavy (non-hydrogen) atoms. The summed E-state index contributed by atoms with van der Waals surface area (Å²) in [7, 11) is 0. The predicted octanol–water partition coefficient (Wildman–Crippen LogP) is 3.17. The molecule has 4 aliphatic rings. The van der Waals surface area contributed by atoms with Crippen molar-refractivity contribution in [1.29, 1.82) is 0 Å². The lowest BCUT2D eigenvalue weighted by molar-refractivity contribution is -0.154. The first kappa shape index (κ1) is 26.3. The Morgan fingerprint density at radius 2 is 1.97 bits per heavy atom. The van der Waals surface area contributed by atoms with Crippen molar-refractivity contribution in [3.63, 3.8) is 0 Å². The third kappa shape index (κ3) is 4.68. The molecule has 6 atom stereocenters. The van der Waals surface area contributed by atoms with E-state index in [1.54, 1.807) is 16.7 Å². The first-order valence-electron chi connectivity index (χ1n) is 13.3. The van der Waals surface area contributed by atoms with Crippen molar-refractivity contribution in [2.45, 2.75) is 81.4 Å². The van der Waals surface area contributed by atoms with E-state index in [1.807, 2.05) is 30.9 Å². The fraction of sp³-hybridized carbons (Fsp3) is 0.741. The Hall–Kier alpha value is -1.80. The fourth-order valence-corrected chi connectivity index (χ4v) is 8.12. The number of esters is 1. The van der Waals surface area contributed by atoms with Crippen LogP contribution in [0.1, 0.15) is 59.3 Å². The third-order valence-corrected chi connectivity index (χ3v) is 9.71. The molecule has 1 unspecified atom stereocenters. The van der Waals surface area contributed by atoms with Crippen molar-refractivity contribution in [3.8, 4) is 0 Å². The van der Waals surface area contributed by atoms with Crippen molar-refractivity contribution in [3.05, 3.63) is 24.3 Å². The van der Waals surface area contributed by atoms with Gasteiger partial charge in [-0.3, -0.25) is 14.4 Å². The summed E-state index contributed by atoms with van der Waals surface area (Å²) < 4.78 is 4.80. The monoisotopic (exact) mass is 504 g/mol. The highest BCUT2D eigenvalue weighted by molar-refractivity contribution is 8.02. The highest BCUT2D eigenvalue weighted by Crippen LogP contribution is 2.61. The number of carbonyl (C=O) groups is 3. The second-order valence-electron chi connectivity index (χ2n) is 10.6. The summed E-state index contributed by atoms with van der Waals surface area (Å²) in [4.78, 5) is 45.2. The maximum atomic E-state index is 14.2. The number of nitrogens with zero attached hydrogens (tertiary/aromatic N) is 2. The van der Waals surface area contributed by atoms with E-state index in [0.29, 0.717) is 19.7 Å². The van der Waals surface area contributed by atoms with Crippen molar-refractivity contribution >= 4 is 29.5 Å². The summed E-state index contributed by atoms with van der Waals surface area (Å²) >= 11 is 1.57. The SMILES string of the molecule is CCCCCN1CC=C[C@]23S[C@@H]4/C=C\CCCCOC(=O)[C@@H]4[C@H]2C(=O)N([C@@H](CO)C(C)C)C3C1=O. The minimum absolute atomic E-state index is 0.0370. The van der Waals surface area contributed by atoms with E-state index >= 15 is 0 Å². The first-order valence-corrected chi connectivity index (χ1v) is 14.2. The summed E-state index contributed by atoms with van der Waals surface area (Å²) in [5, 5.41) is 10.1. The number of aliphatic hydroxyl groups excluding tert-OH is 1. The quantitative estimate of drug-likeness (QED) is 0.326. The van der Waals surface area contributed by atoms with Crippen molar-refractivity contribution in [2.24, 2.45) is 17.8 Å². The Morgan fingerprint density at radius 3 is 2.69 bits per heavy atom. The second-order valence-corrected chi connectivity index (χ2v) is 12.1. The number of cyclic esters (lactones) is 1. The predicted molar refractivity (Wildman–Crippen MR) is 137 cm³/mol. The van der Waals surface area contributed by atoms with Crippen molar-refractivity contribution < 1.29 is 24.2 Å². The molecule has 7 nitrogen and oxygen atoms in total. The molecule has 4 rings (SSSR count). The number of likely N-dealkylation sites (tertiary alicyclic amines) is 1. The summed E-state index contributed by atoms with van der Waals surface area (Å²) in [6, 6.07) is -1.24. The van der Waals surface area contributed by atoms with Gasteiger partial charge >= 0.3 is 5.97 Å². The van der Waals surface area contributed by atoms with E-state index in [1.165, 1.54) is 0 Å². The summed E-state index contributed by atoms with van der Waals surface area (Å²) in [6.07, 6.45) is 13.9. The van der Waals surface area contributed by atoms with Crippen LogP contribution in [0.2, 0.25) is 0 Å². The second kappa shape index (κ2) is 11.1. The smallest absolute Gasteiger partial charge is 0.311 e. The van der Waals surface area contributed by atoms with Crippen LogP contribution < -0.4 is 0 Å². The molecule has 0 aliphatic carbocycles. The van der Waals surface area contributed by atoms with Crippen LogP contribution in [0.25, 0.3) is 0 Å². The van der Waals surface area contributed by atoms with Crippen LogP contribution in [0.5, 0.6) is 0 Å². The van der Waals surface area contributed by atoms with Gasteiger partial charge in [-0.2, -0.15) is 0 Å². The molecule has 0 radical (unpaired) electrons. The molecule has 4 aliphatic heterocycles.